The number of nitrogens with two attached hydrogens (primary N) is 1. The lowest BCUT2D eigenvalue weighted by Gasteiger charge is -2.07. The second-order valence-electron chi connectivity index (χ2n) is 4.82. The van der Waals surface area contributed by atoms with Gasteiger partial charge in [-0.1, -0.05) is 0 Å². The van der Waals surface area contributed by atoms with Crippen molar-refractivity contribution in [3.63, 3.8) is 0 Å². The predicted octanol–water partition coefficient (Wildman–Crippen LogP) is -0.687. The third-order valence-corrected chi connectivity index (χ3v) is 3.36. The quantitative estimate of drug-likeness (QED) is 0.555. The van der Waals surface area contributed by atoms with Crippen LogP contribution in [0.4, 0.5) is 5.95 Å². The van der Waals surface area contributed by atoms with Crippen LogP contribution in [0.3, 0.4) is 0 Å². The molecule has 0 unspecified atom stereocenters. The van der Waals surface area contributed by atoms with Crippen LogP contribution >= 0.6 is 0 Å². The van der Waals surface area contributed by atoms with Crippen LogP contribution in [0.5, 0.6) is 0 Å². The van der Waals surface area contributed by atoms with E-state index in [-0.39, 0.29) is 0 Å². The van der Waals surface area contributed by atoms with Gasteiger partial charge in [0.15, 0.2) is 11.2 Å². The summed E-state index contributed by atoms with van der Waals surface area (Å²) >= 11 is 0. The van der Waals surface area contributed by atoms with Crippen molar-refractivity contribution in [3.8, 4) is 0 Å². The normalized spacial score (nSPS) is 11.2. The van der Waals surface area contributed by atoms with Gasteiger partial charge in [-0.2, -0.15) is 4.98 Å². The Hall–Kier alpha value is -2.13. The molecule has 0 aliphatic carbocycles. The Morgan fingerprint density at radius 2 is 2.14 bits per heavy atom. The predicted molar refractivity (Wildman–Crippen MR) is 84.3 cm³/mol. The van der Waals surface area contributed by atoms with Crippen LogP contribution in [0.25, 0.3) is 11.2 Å². The molecule has 0 aliphatic rings. The van der Waals surface area contributed by atoms with Gasteiger partial charge in [0.2, 0.25) is 5.95 Å². The number of methoxy groups -OCH3 is 1. The number of nitrogens with one attached hydrogen (secondary N) is 2. The number of ether oxygens (including phenoxy) is 1. The van der Waals surface area contributed by atoms with Gasteiger partial charge in [0.1, 0.15) is 0 Å². The van der Waals surface area contributed by atoms with Crippen molar-refractivity contribution in [2.75, 3.05) is 32.1 Å². The molecule has 0 bridgehead atoms. The molecule has 0 fully saturated rings. The van der Waals surface area contributed by atoms with Crippen LogP contribution in [-0.4, -0.2) is 45.9 Å². The number of aromatic amines is 1. The molecular formula is C13H22N6O3. The van der Waals surface area contributed by atoms with Crippen LogP contribution in [0.2, 0.25) is 0 Å². The van der Waals surface area contributed by atoms with E-state index in [9.17, 15) is 9.59 Å². The molecule has 2 rings (SSSR count). The zero-order valence-corrected chi connectivity index (χ0v) is 12.9. The van der Waals surface area contributed by atoms with Gasteiger partial charge in [-0.15, -0.1) is 0 Å². The van der Waals surface area contributed by atoms with E-state index >= 15 is 0 Å². The molecule has 0 amide bonds. The Morgan fingerprint density at radius 3 is 2.77 bits per heavy atom. The number of rotatable bonds is 8. The van der Waals surface area contributed by atoms with E-state index in [0.717, 1.165) is 0 Å². The maximum atomic E-state index is 12.1. The Balaban J connectivity index is 2.57. The van der Waals surface area contributed by atoms with Gasteiger partial charge in [-0.05, 0) is 13.3 Å². The first kappa shape index (κ1) is 16.2. The fourth-order valence-corrected chi connectivity index (χ4v) is 2.37. The topological polar surface area (TPSA) is 120 Å². The minimum absolute atomic E-state index is 0.381. The van der Waals surface area contributed by atoms with Gasteiger partial charge < -0.3 is 20.4 Å². The Labute approximate surface area is 127 Å². The molecule has 9 nitrogen and oxygen atoms in total. The number of aryl methyl sites for hydroxylation is 2. The monoisotopic (exact) mass is 310 g/mol. The summed E-state index contributed by atoms with van der Waals surface area (Å²) in [5, 5.41) is 3.08. The highest BCUT2D eigenvalue weighted by Crippen LogP contribution is 2.15. The van der Waals surface area contributed by atoms with Crippen LogP contribution in [0, 0.1) is 0 Å². The fraction of sp³-hybridized carbons (Fsp3) is 0.615. The summed E-state index contributed by atoms with van der Waals surface area (Å²) in [6, 6.07) is 0. The first-order valence-corrected chi connectivity index (χ1v) is 7.30. The molecular weight excluding hydrogens is 288 g/mol. The van der Waals surface area contributed by atoms with Crippen molar-refractivity contribution in [1.29, 1.82) is 0 Å². The van der Waals surface area contributed by atoms with Crippen molar-refractivity contribution < 1.29 is 4.74 Å². The first-order chi connectivity index (χ1) is 10.6. The lowest BCUT2D eigenvalue weighted by molar-refractivity contribution is 0.190. The lowest BCUT2D eigenvalue weighted by atomic mass is 10.4. The zero-order valence-electron chi connectivity index (χ0n) is 12.9. The van der Waals surface area contributed by atoms with Gasteiger partial charge in [0.25, 0.3) is 5.56 Å². The molecule has 9 heteroatoms. The van der Waals surface area contributed by atoms with E-state index < -0.39 is 11.2 Å². The minimum atomic E-state index is -0.459. The summed E-state index contributed by atoms with van der Waals surface area (Å²) in [4.78, 5) is 31.0. The number of H-pyrrole nitrogens is 1. The van der Waals surface area contributed by atoms with Crippen LogP contribution in [-0.2, 0) is 17.8 Å². The van der Waals surface area contributed by atoms with E-state index in [1.807, 2.05) is 6.92 Å². The molecule has 22 heavy (non-hydrogen) atoms. The fourth-order valence-electron chi connectivity index (χ4n) is 2.37. The molecule has 0 aliphatic heterocycles. The number of hydrogen-bond donors (Lipinski definition) is 3. The van der Waals surface area contributed by atoms with E-state index in [0.29, 0.717) is 56.3 Å². The molecule has 2 aromatic rings. The van der Waals surface area contributed by atoms with Crippen molar-refractivity contribution in [2.45, 2.75) is 26.4 Å². The summed E-state index contributed by atoms with van der Waals surface area (Å²) < 4.78 is 8.22. The van der Waals surface area contributed by atoms with E-state index in [4.69, 9.17) is 10.5 Å². The van der Waals surface area contributed by atoms with E-state index in [2.05, 4.69) is 15.3 Å². The average molecular weight is 310 g/mol. The molecule has 0 spiro atoms. The van der Waals surface area contributed by atoms with Gasteiger partial charge in [0.05, 0.1) is 0 Å². The third-order valence-electron chi connectivity index (χ3n) is 3.36. The summed E-state index contributed by atoms with van der Waals surface area (Å²) in [7, 11) is 1.60. The van der Waals surface area contributed by atoms with Crippen molar-refractivity contribution in [2.24, 2.45) is 5.73 Å². The summed E-state index contributed by atoms with van der Waals surface area (Å²) in [6.07, 6.45) is 0.655. The van der Waals surface area contributed by atoms with Gasteiger partial charge >= 0.3 is 5.69 Å². The third kappa shape index (κ3) is 3.04. The standard InChI is InChI=1S/C13H22N6O3/c1-3-18-9-10(16-12(18)15-6-5-14)19(7-4-8-22-2)13(21)17-11(9)20/h3-8,14H2,1-2H3,(H,15,16)(H,17,20,21). The van der Waals surface area contributed by atoms with E-state index in [1.54, 1.807) is 11.7 Å². The summed E-state index contributed by atoms with van der Waals surface area (Å²) in [6.45, 7) is 4.41. The minimum Gasteiger partial charge on any atom is -0.385 e. The summed E-state index contributed by atoms with van der Waals surface area (Å²) in [5.41, 5.74) is 5.37. The number of hydrogen-bond acceptors (Lipinski definition) is 6. The molecule has 0 saturated carbocycles. The number of anilines is 1. The van der Waals surface area contributed by atoms with E-state index in [1.165, 1.54) is 4.57 Å². The molecule has 0 aromatic carbocycles. The SMILES string of the molecule is CCn1c(NCCN)nc2c1c(=O)[nH]c(=O)n2CCCOC. The first-order valence-electron chi connectivity index (χ1n) is 7.30. The maximum Gasteiger partial charge on any atom is 0.330 e. The maximum absolute atomic E-state index is 12.1. The number of imidazole rings is 1. The molecule has 2 heterocycles. The highest BCUT2D eigenvalue weighted by atomic mass is 16.5. The average Bonchev–Trinajstić information content (AvgIpc) is 2.87. The van der Waals surface area contributed by atoms with Crippen LogP contribution in [0.1, 0.15) is 13.3 Å². The summed E-state index contributed by atoms with van der Waals surface area (Å²) in [5.74, 6) is 0.541. The number of fused-ring (bicyclic) bond motifs is 1. The second kappa shape index (κ2) is 7.23. The Bertz CT molecular complexity index is 745. The van der Waals surface area contributed by atoms with Crippen molar-refractivity contribution in [3.05, 3.63) is 20.8 Å². The molecule has 0 saturated heterocycles. The molecule has 0 atom stereocenters. The zero-order chi connectivity index (χ0) is 16.1. The highest BCUT2D eigenvalue weighted by molar-refractivity contribution is 5.74. The second-order valence-corrected chi connectivity index (χ2v) is 4.82. The molecule has 0 radical (unpaired) electrons. The van der Waals surface area contributed by atoms with Crippen molar-refractivity contribution in [1.82, 2.24) is 19.1 Å². The molecule has 2 aromatic heterocycles. The Kier molecular flexibility index (Phi) is 5.34. The Morgan fingerprint density at radius 1 is 1.36 bits per heavy atom. The smallest absolute Gasteiger partial charge is 0.330 e. The van der Waals surface area contributed by atoms with Gasteiger partial charge in [-0.25, -0.2) is 4.79 Å². The number of nitrogens with zero attached hydrogens (tertiary/aromatic N) is 3. The highest BCUT2D eigenvalue weighted by Gasteiger charge is 2.17. The molecule has 122 valence electrons. The lowest BCUT2D eigenvalue weighted by Crippen LogP contribution is -2.31. The van der Waals surface area contributed by atoms with Crippen molar-refractivity contribution >= 4 is 17.1 Å². The number of aromatic nitrogens is 4. The van der Waals surface area contributed by atoms with Gasteiger partial charge in [0, 0.05) is 39.9 Å². The van der Waals surface area contributed by atoms with Gasteiger partial charge in [-0.3, -0.25) is 14.3 Å². The molecule has 4 N–H and O–H groups in total. The van der Waals surface area contributed by atoms with Crippen LogP contribution in [0.15, 0.2) is 9.59 Å². The van der Waals surface area contributed by atoms with Crippen LogP contribution < -0.4 is 22.3 Å². The largest absolute Gasteiger partial charge is 0.385 e.